The highest BCUT2D eigenvalue weighted by molar-refractivity contribution is 9.10. The molecular formula is C19H21BrN2O2. The third-order valence-corrected chi connectivity index (χ3v) is 4.44. The number of nitrogens with one attached hydrogen (secondary N) is 2. The van der Waals surface area contributed by atoms with Crippen LogP contribution in [0, 0.1) is 0 Å². The number of carbonyl (C=O) groups excluding carboxylic acids is 2. The fraction of sp³-hybridized carbons (Fsp3) is 0.263. The molecule has 0 unspecified atom stereocenters. The first kappa shape index (κ1) is 18.2. The lowest BCUT2D eigenvalue weighted by atomic mass is 10.1. The van der Waals surface area contributed by atoms with Crippen LogP contribution in [-0.4, -0.2) is 17.9 Å². The van der Waals surface area contributed by atoms with E-state index in [0.717, 1.165) is 16.5 Å². The molecule has 5 heteroatoms. The van der Waals surface area contributed by atoms with E-state index in [4.69, 9.17) is 0 Å². The van der Waals surface area contributed by atoms with Gasteiger partial charge in [0.1, 0.15) is 0 Å². The van der Waals surface area contributed by atoms with Gasteiger partial charge in [-0.3, -0.25) is 9.59 Å². The summed E-state index contributed by atoms with van der Waals surface area (Å²) in [7, 11) is 0. The summed E-state index contributed by atoms with van der Waals surface area (Å²) < 4.78 is 0.754. The van der Waals surface area contributed by atoms with Crippen LogP contribution in [-0.2, 0) is 6.54 Å². The molecule has 2 aromatic rings. The molecule has 0 saturated carbocycles. The van der Waals surface area contributed by atoms with Crippen LogP contribution >= 0.6 is 15.9 Å². The Labute approximate surface area is 150 Å². The van der Waals surface area contributed by atoms with E-state index in [1.54, 1.807) is 18.2 Å². The molecule has 0 spiro atoms. The van der Waals surface area contributed by atoms with E-state index in [0.29, 0.717) is 17.7 Å². The SMILES string of the molecule is CC[C@@H](C)NC(=O)c1cccc(CNC(=O)c2ccccc2Br)c1. The number of benzene rings is 2. The molecule has 2 amide bonds. The Balaban J connectivity index is 2.01. The minimum atomic E-state index is -0.156. The molecule has 0 bridgehead atoms. The van der Waals surface area contributed by atoms with Crippen LogP contribution in [0.4, 0.5) is 0 Å². The van der Waals surface area contributed by atoms with Crippen molar-refractivity contribution in [1.29, 1.82) is 0 Å². The molecule has 0 heterocycles. The maximum Gasteiger partial charge on any atom is 0.252 e. The van der Waals surface area contributed by atoms with Crippen LogP contribution in [0.3, 0.4) is 0 Å². The third-order valence-electron chi connectivity index (χ3n) is 3.75. The zero-order valence-corrected chi connectivity index (χ0v) is 15.4. The van der Waals surface area contributed by atoms with Crippen molar-refractivity contribution in [2.75, 3.05) is 0 Å². The zero-order chi connectivity index (χ0) is 17.5. The molecule has 4 nitrogen and oxygen atoms in total. The van der Waals surface area contributed by atoms with Crippen LogP contribution in [0.15, 0.2) is 53.0 Å². The number of amides is 2. The van der Waals surface area contributed by atoms with Crippen molar-refractivity contribution in [2.45, 2.75) is 32.9 Å². The quantitative estimate of drug-likeness (QED) is 0.787. The molecule has 0 saturated heterocycles. The van der Waals surface area contributed by atoms with Crippen molar-refractivity contribution in [3.8, 4) is 0 Å². The average Bonchev–Trinajstić information content (AvgIpc) is 2.60. The Morgan fingerprint density at radius 1 is 1.08 bits per heavy atom. The number of halogens is 1. The summed E-state index contributed by atoms with van der Waals surface area (Å²) in [5.74, 6) is -0.250. The zero-order valence-electron chi connectivity index (χ0n) is 13.8. The number of hydrogen-bond donors (Lipinski definition) is 2. The van der Waals surface area contributed by atoms with Crippen LogP contribution in [0.1, 0.15) is 46.5 Å². The lowest BCUT2D eigenvalue weighted by Gasteiger charge is -2.12. The molecular weight excluding hydrogens is 368 g/mol. The highest BCUT2D eigenvalue weighted by atomic mass is 79.9. The molecule has 2 N–H and O–H groups in total. The molecule has 24 heavy (non-hydrogen) atoms. The first-order valence-corrected chi connectivity index (χ1v) is 8.73. The molecule has 2 rings (SSSR count). The molecule has 0 aliphatic heterocycles. The summed E-state index contributed by atoms with van der Waals surface area (Å²) in [5.41, 5.74) is 2.07. The second-order valence-electron chi connectivity index (χ2n) is 5.65. The van der Waals surface area contributed by atoms with Gasteiger partial charge in [0.15, 0.2) is 0 Å². The van der Waals surface area contributed by atoms with E-state index in [-0.39, 0.29) is 17.9 Å². The van der Waals surface area contributed by atoms with Gasteiger partial charge in [-0.25, -0.2) is 0 Å². The van der Waals surface area contributed by atoms with Gasteiger partial charge in [-0.05, 0) is 59.1 Å². The molecule has 0 aliphatic rings. The predicted molar refractivity (Wildman–Crippen MR) is 99.0 cm³/mol. The van der Waals surface area contributed by atoms with Crippen LogP contribution in [0.2, 0.25) is 0 Å². The van der Waals surface area contributed by atoms with E-state index in [1.165, 1.54) is 0 Å². The van der Waals surface area contributed by atoms with Crippen LogP contribution in [0.5, 0.6) is 0 Å². The molecule has 0 aliphatic carbocycles. The maximum absolute atomic E-state index is 12.2. The summed E-state index contributed by atoms with van der Waals surface area (Å²) in [5, 5.41) is 5.81. The van der Waals surface area contributed by atoms with Gasteiger partial charge in [-0.1, -0.05) is 31.2 Å². The minimum Gasteiger partial charge on any atom is -0.350 e. The molecule has 1 atom stereocenters. The van der Waals surface area contributed by atoms with Crippen molar-refractivity contribution in [3.63, 3.8) is 0 Å². The second kappa shape index (κ2) is 8.64. The predicted octanol–water partition coefficient (Wildman–Crippen LogP) is 3.91. The Bertz CT molecular complexity index is 731. The van der Waals surface area contributed by atoms with Crippen molar-refractivity contribution < 1.29 is 9.59 Å². The normalized spacial score (nSPS) is 11.6. The standard InChI is InChI=1S/C19H21BrN2O2/c1-3-13(2)22-18(23)15-8-6-7-14(11-15)12-21-19(24)16-9-4-5-10-17(16)20/h4-11,13H,3,12H2,1-2H3,(H,21,24)(H,22,23)/t13-/m1/s1. The van der Waals surface area contributed by atoms with E-state index < -0.39 is 0 Å². The molecule has 0 aromatic heterocycles. The van der Waals surface area contributed by atoms with Crippen molar-refractivity contribution >= 4 is 27.7 Å². The van der Waals surface area contributed by atoms with Crippen molar-refractivity contribution in [1.82, 2.24) is 10.6 Å². The largest absolute Gasteiger partial charge is 0.350 e. The smallest absolute Gasteiger partial charge is 0.252 e. The van der Waals surface area contributed by atoms with Gasteiger partial charge >= 0.3 is 0 Å². The van der Waals surface area contributed by atoms with Crippen LogP contribution in [0.25, 0.3) is 0 Å². The summed E-state index contributed by atoms with van der Waals surface area (Å²) in [6, 6.07) is 14.7. The van der Waals surface area contributed by atoms with Gasteiger partial charge in [-0.2, -0.15) is 0 Å². The van der Waals surface area contributed by atoms with E-state index in [1.807, 2.05) is 44.2 Å². The first-order chi connectivity index (χ1) is 11.5. The summed E-state index contributed by atoms with van der Waals surface area (Å²) in [4.78, 5) is 24.4. The Kier molecular flexibility index (Phi) is 6.55. The second-order valence-corrected chi connectivity index (χ2v) is 6.50. The lowest BCUT2D eigenvalue weighted by Crippen LogP contribution is -2.32. The molecule has 0 fully saturated rings. The lowest BCUT2D eigenvalue weighted by molar-refractivity contribution is 0.0936. The fourth-order valence-electron chi connectivity index (χ4n) is 2.15. The van der Waals surface area contributed by atoms with Gasteiger partial charge in [0.05, 0.1) is 5.56 Å². The number of rotatable bonds is 6. The molecule has 2 aromatic carbocycles. The van der Waals surface area contributed by atoms with Gasteiger partial charge in [-0.15, -0.1) is 0 Å². The molecule has 0 radical (unpaired) electrons. The highest BCUT2D eigenvalue weighted by Crippen LogP contribution is 2.15. The van der Waals surface area contributed by atoms with E-state index >= 15 is 0 Å². The van der Waals surface area contributed by atoms with Gasteiger partial charge in [0, 0.05) is 22.6 Å². The summed E-state index contributed by atoms with van der Waals surface area (Å²) in [6.07, 6.45) is 0.882. The van der Waals surface area contributed by atoms with Crippen LogP contribution < -0.4 is 10.6 Å². The fourth-order valence-corrected chi connectivity index (χ4v) is 2.62. The monoisotopic (exact) mass is 388 g/mol. The van der Waals surface area contributed by atoms with Gasteiger partial charge in [0.25, 0.3) is 11.8 Å². The summed E-state index contributed by atoms with van der Waals surface area (Å²) >= 11 is 3.37. The Morgan fingerprint density at radius 3 is 2.54 bits per heavy atom. The highest BCUT2D eigenvalue weighted by Gasteiger charge is 2.11. The third kappa shape index (κ3) is 4.93. The molecule has 126 valence electrons. The summed E-state index contributed by atoms with van der Waals surface area (Å²) in [6.45, 7) is 4.36. The minimum absolute atomic E-state index is 0.0941. The number of carbonyl (C=O) groups is 2. The topological polar surface area (TPSA) is 58.2 Å². The van der Waals surface area contributed by atoms with Crippen molar-refractivity contribution in [2.24, 2.45) is 0 Å². The van der Waals surface area contributed by atoms with Gasteiger partial charge < -0.3 is 10.6 Å². The van der Waals surface area contributed by atoms with Crippen molar-refractivity contribution in [3.05, 3.63) is 69.7 Å². The Hall–Kier alpha value is -2.14. The first-order valence-electron chi connectivity index (χ1n) is 7.93. The van der Waals surface area contributed by atoms with E-state index in [9.17, 15) is 9.59 Å². The van der Waals surface area contributed by atoms with E-state index in [2.05, 4.69) is 26.6 Å². The maximum atomic E-state index is 12.2. The number of hydrogen-bond acceptors (Lipinski definition) is 2. The Morgan fingerprint density at radius 2 is 1.83 bits per heavy atom. The van der Waals surface area contributed by atoms with Gasteiger partial charge in [0.2, 0.25) is 0 Å². The average molecular weight is 389 g/mol.